The van der Waals surface area contributed by atoms with Crippen molar-refractivity contribution in [2.75, 3.05) is 0 Å². The van der Waals surface area contributed by atoms with Crippen molar-refractivity contribution in [3.05, 3.63) is 0 Å². The highest BCUT2D eigenvalue weighted by Crippen LogP contribution is 2.56. The molecule has 0 bridgehead atoms. The Balaban J connectivity index is 5.79. The smallest absolute Gasteiger partial charge is 0.206 e. The molecule has 0 N–H and O–H groups in total. The van der Waals surface area contributed by atoms with Gasteiger partial charge in [-0.3, -0.25) is 0 Å². The first-order valence-electron chi connectivity index (χ1n) is 5.97. The monoisotopic (exact) mass is 448 g/mol. The van der Waals surface area contributed by atoms with E-state index in [2.05, 4.69) is 0 Å². The van der Waals surface area contributed by atoms with Crippen LogP contribution in [0.3, 0.4) is 0 Å². The number of hydrogen-bond acceptors (Lipinski definition) is 0. The summed E-state index contributed by atoms with van der Waals surface area (Å²) in [7, 11) is 0. The molecule has 17 heteroatoms. The summed E-state index contributed by atoms with van der Waals surface area (Å²) >= 11 is 0. The molecule has 0 amide bonds. The number of halogens is 17. The van der Waals surface area contributed by atoms with E-state index in [-0.39, 0.29) is 0 Å². The first kappa shape index (κ1) is 25.8. The van der Waals surface area contributed by atoms with E-state index in [1.165, 1.54) is 0 Å². The van der Waals surface area contributed by atoms with Gasteiger partial charge in [0.2, 0.25) is 0 Å². The predicted octanol–water partition coefficient (Wildman–Crippen LogP) is 6.41. The van der Waals surface area contributed by atoms with Crippen molar-refractivity contribution in [3.63, 3.8) is 0 Å². The second kappa shape index (κ2) is 6.70. The van der Waals surface area contributed by atoms with Gasteiger partial charge < -0.3 is 0 Å². The zero-order valence-corrected chi connectivity index (χ0v) is 11.9. The summed E-state index contributed by atoms with van der Waals surface area (Å²) in [5.74, 6) is -41.6. The van der Waals surface area contributed by atoms with Crippen LogP contribution < -0.4 is 0 Å². The average molecular weight is 448 g/mol. The first-order chi connectivity index (χ1) is 11.4. The molecule has 0 rings (SSSR count). The maximum atomic E-state index is 13.0. The van der Waals surface area contributed by atoms with Crippen molar-refractivity contribution in [2.24, 2.45) is 0 Å². The van der Waals surface area contributed by atoms with Gasteiger partial charge >= 0.3 is 42.2 Å². The van der Waals surface area contributed by atoms with Gasteiger partial charge in [0.05, 0.1) is 12.8 Å². The molecule has 27 heavy (non-hydrogen) atoms. The third-order valence-corrected chi connectivity index (χ3v) is 2.93. The van der Waals surface area contributed by atoms with Gasteiger partial charge in [-0.1, -0.05) is 0 Å². The molecule has 0 saturated heterocycles. The summed E-state index contributed by atoms with van der Waals surface area (Å²) in [5, 5.41) is 0. The van der Waals surface area contributed by atoms with Crippen molar-refractivity contribution < 1.29 is 74.6 Å². The molecule has 164 valence electrons. The van der Waals surface area contributed by atoms with Gasteiger partial charge in [0.1, 0.15) is 0 Å². The van der Waals surface area contributed by atoms with Crippen LogP contribution in [0, 0.1) is 0 Å². The Morgan fingerprint density at radius 1 is 0.481 bits per heavy atom. The number of hydrogen-bond donors (Lipinski definition) is 0. The van der Waals surface area contributed by atoms with Gasteiger partial charge in [-0.25, -0.2) is 17.6 Å². The summed E-state index contributed by atoms with van der Waals surface area (Å²) in [6.45, 7) is 0. The minimum Gasteiger partial charge on any atom is -0.206 e. The predicted molar refractivity (Wildman–Crippen MR) is 51.0 cm³/mol. The lowest BCUT2D eigenvalue weighted by Gasteiger charge is -2.36. The molecule has 0 aromatic heterocycles. The van der Waals surface area contributed by atoms with Crippen molar-refractivity contribution >= 4 is 0 Å². The topological polar surface area (TPSA) is 0 Å². The quantitative estimate of drug-likeness (QED) is 0.377. The Hall–Kier alpha value is -1.19. The molecule has 0 fully saturated rings. The Labute approximate surface area is 137 Å². The number of alkyl halides is 17. The van der Waals surface area contributed by atoms with E-state index in [0.29, 0.717) is 0 Å². The van der Waals surface area contributed by atoms with Crippen LogP contribution in [0.1, 0.15) is 12.8 Å². The molecule has 0 aromatic carbocycles. The molecule has 0 aliphatic heterocycles. The lowest BCUT2D eigenvalue weighted by Crippen LogP contribution is -2.62. The normalized spacial score (nSPS) is 16.2. The van der Waals surface area contributed by atoms with E-state index in [1.54, 1.807) is 0 Å². The first-order valence-corrected chi connectivity index (χ1v) is 5.97. The van der Waals surface area contributed by atoms with E-state index in [4.69, 9.17) is 0 Å². The van der Waals surface area contributed by atoms with E-state index < -0.39 is 61.0 Å². The van der Waals surface area contributed by atoms with Crippen LogP contribution in [-0.2, 0) is 0 Å². The molecule has 0 aliphatic rings. The summed E-state index contributed by atoms with van der Waals surface area (Å²) in [6.07, 6.45) is -20.9. The van der Waals surface area contributed by atoms with Crippen molar-refractivity contribution in [3.8, 4) is 0 Å². The molecular formula is C10H5F17. The third kappa shape index (κ3) is 4.63. The van der Waals surface area contributed by atoms with Crippen LogP contribution in [0.25, 0.3) is 0 Å². The number of rotatable bonds is 8. The molecular weight excluding hydrogens is 443 g/mol. The van der Waals surface area contributed by atoms with Crippen molar-refractivity contribution in [1.82, 2.24) is 0 Å². The Kier molecular flexibility index (Phi) is 6.41. The zero-order valence-electron chi connectivity index (χ0n) is 11.9. The molecule has 0 saturated carbocycles. The van der Waals surface area contributed by atoms with Crippen LogP contribution >= 0.6 is 0 Å². The molecule has 0 atom stereocenters. The molecule has 0 aromatic rings. The standard InChI is InChI=1S/C10H5F17/c11-3(12)7(19,20)5(15,16)1-4(13,14)2-6(17,18)8(21,22)9(23,24)10(25,26)27/h3H,1-2H2. The minimum atomic E-state index is -7.63. The van der Waals surface area contributed by atoms with Gasteiger partial charge in [-0.05, 0) is 0 Å². The van der Waals surface area contributed by atoms with Gasteiger partial charge in [-0.15, -0.1) is 0 Å². The Bertz CT molecular complexity index is 512. The van der Waals surface area contributed by atoms with E-state index >= 15 is 0 Å². The van der Waals surface area contributed by atoms with E-state index in [1.807, 2.05) is 0 Å². The molecule has 0 spiro atoms. The van der Waals surface area contributed by atoms with Crippen LogP contribution in [0.15, 0.2) is 0 Å². The fourth-order valence-electron chi connectivity index (χ4n) is 1.51. The maximum absolute atomic E-state index is 13.0. The summed E-state index contributed by atoms with van der Waals surface area (Å²) < 4.78 is 212. The summed E-state index contributed by atoms with van der Waals surface area (Å²) in [5.41, 5.74) is 0. The van der Waals surface area contributed by atoms with Gasteiger partial charge in [0.25, 0.3) is 5.92 Å². The second-order valence-corrected chi connectivity index (χ2v) is 5.19. The lowest BCUT2D eigenvalue weighted by atomic mass is 9.93. The fraction of sp³-hybridized carbons (Fsp3) is 1.00. The Morgan fingerprint density at radius 3 is 1.11 bits per heavy atom. The average Bonchev–Trinajstić information content (AvgIpc) is 2.33. The van der Waals surface area contributed by atoms with E-state index in [0.717, 1.165) is 0 Å². The summed E-state index contributed by atoms with van der Waals surface area (Å²) in [6, 6.07) is 0. The molecule has 0 unspecified atom stereocenters. The SMILES string of the molecule is FC(F)C(F)(F)C(F)(F)CC(F)(F)CC(F)(F)C(F)(F)C(F)(F)C(F)(F)F. The minimum absolute atomic E-state index is 3.97. The second-order valence-electron chi connectivity index (χ2n) is 5.19. The van der Waals surface area contributed by atoms with Crippen LogP contribution in [0.2, 0.25) is 0 Å². The van der Waals surface area contributed by atoms with Crippen molar-refractivity contribution in [2.45, 2.75) is 61.0 Å². The van der Waals surface area contributed by atoms with Crippen molar-refractivity contribution in [1.29, 1.82) is 0 Å². The molecule has 0 radical (unpaired) electrons. The highest BCUT2D eigenvalue weighted by Gasteiger charge is 2.82. The third-order valence-electron chi connectivity index (χ3n) is 2.93. The van der Waals surface area contributed by atoms with Gasteiger partial charge in [-0.2, -0.15) is 57.1 Å². The highest BCUT2D eigenvalue weighted by molar-refractivity contribution is 5.03. The van der Waals surface area contributed by atoms with Crippen LogP contribution in [0.5, 0.6) is 0 Å². The lowest BCUT2D eigenvalue weighted by molar-refractivity contribution is -0.402. The van der Waals surface area contributed by atoms with Gasteiger partial charge in [0, 0.05) is 0 Å². The molecule has 0 nitrogen and oxygen atoms in total. The van der Waals surface area contributed by atoms with E-state index in [9.17, 15) is 74.6 Å². The summed E-state index contributed by atoms with van der Waals surface area (Å²) in [4.78, 5) is 0. The highest BCUT2D eigenvalue weighted by atomic mass is 19.4. The van der Waals surface area contributed by atoms with Gasteiger partial charge in [0.15, 0.2) is 0 Å². The zero-order chi connectivity index (χ0) is 22.5. The molecule has 0 aliphatic carbocycles. The maximum Gasteiger partial charge on any atom is 0.460 e. The Morgan fingerprint density at radius 2 is 0.815 bits per heavy atom. The van der Waals surface area contributed by atoms with Crippen LogP contribution in [0.4, 0.5) is 74.6 Å². The largest absolute Gasteiger partial charge is 0.460 e. The fourth-order valence-corrected chi connectivity index (χ4v) is 1.51. The molecule has 0 heterocycles. The van der Waals surface area contributed by atoms with Crippen LogP contribution in [-0.4, -0.2) is 48.1 Å².